The van der Waals surface area contributed by atoms with Gasteiger partial charge in [0.2, 0.25) is 15.9 Å². The maximum atomic E-state index is 12.6. The summed E-state index contributed by atoms with van der Waals surface area (Å²) in [5.74, 6) is 0.265. The first-order valence-electron chi connectivity index (χ1n) is 8.18. The molecule has 1 amide bonds. The Morgan fingerprint density at radius 1 is 1.08 bits per heavy atom. The number of amides is 1. The SMILES string of the molecule is O=C(/C=C/c1ccco1)Nc1ccc(S(=O)(=O)N2CCCCC2)cc1. The largest absolute Gasteiger partial charge is 0.465 e. The summed E-state index contributed by atoms with van der Waals surface area (Å²) in [4.78, 5) is 12.1. The minimum atomic E-state index is -3.45. The van der Waals surface area contributed by atoms with Crippen LogP contribution in [0.2, 0.25) is 0 Å². The molecule has 0 aliphatic carbocycles. The first kappa shape index (κ1) is 17.4. The molecule has 2 aromatic rings. The Morgan fingerprint density at radius 3 is 2.44 bits per heavy atom. The molecule has 0 radical (unpaired) electrons. The van der Waals surface area contributed by atoms with Gasteiger partial charge in [-0.3, -0.25) is 4.79 Å². The number of piperidine rings is 1. The molecule has 7 heteroatoms. The van der Waals surface area contributed by atoms with Gasteiger partial charge in [0.1, 0.15) is 5.76 Å². The van der Waals surface area contributed by atoms with Crippen LogP contribution in [-0.2, 0) is 14.8 Å². The molecule has 1 aromatic carbocycles. The van der Waals surface area contributed by atoms with Crippen molar-refractivity contribution in [2.24, 2.45) is 0 Å². The Morgan fingerprint density at radius 2 is 1.80 bits per heavy atom. The number of benzene rings is 1. The van der Waals surface area contributed by atoms with Gasteiger partial charge in [-0.15, -0.1) is 0 Å². The van der Waals surface area contributed by atoms with Crippen LogP contribution in [-0.4, -0.2) is 31.7 Å². The lowest BCUT2D eigenvalue weighted by Crippen LogP contribution is -2.35. The van der Waals surface area contributed by atoms with Gasteiger partial charge >= 0.3 is 0 Å². The predicted molar refractivity (Wildman–Crippen MR) is 95.4 cm³/mol. The van der Waals surface area contributed by atoms with Crippen LogP contribution in [0.4, 0.5) is 5.69 Å². The number of carbonyl (C=O) groups excluding carboxylic acids is 1. The fourth-order valence-corrected chi connectivity index (χ4v) is 4.21. The predicted octanol–water partition coefficient (Wildman–Crippen LogP) is 3.11. The normalized spacial score (nSPS) is 16.2. The van der Waals surface area contributed by atoms with Gasteiger partial charge in [-0.1, -0.05) is 6.42 Å². The third-order valence-corrected chi connectivity index (χ3v) is 5.93. The molecule has 1 N–H and O–H groups in total. The van der Waals surface area contributed by atoms with Crippen molar-refractivity contribution in [3.05, 3.63) is 54.5 Å². The van der Waals surface area contributed by atoms with E-state index in [0.29, 0.717) is 24.5 Å². The van der Waals surface area contributed by atoms with E-state index >= 15 is 0 Å². The van der Waals surface area contributed by atoms with Crippen molar-refractivity contribution < 1.29 is 17.6 Å². The first-order valence-corrected chi connectivity index (χ1v) is 9.62. The highest BCUT2D eigenvalue weighted by molar-refractivity contribution is 7.89. The molecule has 0 unspecified atom stereocenters. The highest BCUT2D eigenvalue weighted by Gasteiger charge is 2.25. The summed E-state index contributed by atoms with van der Waals surface area (Å²) in [5, 5.41) is 2.69. The summed E-state index contributed by atoms with van der Waals surface area (Å²) in [6.45, 7) is 1.14. The monoisotopic (exact) mass is 360 g/mol. The molecule has 0 atom stereocenters. The van der Waals surface area contributed by atoms with Crippen LogP contribution in [0, 0.1) is 0 Å². The molecule has 1 fully saturated rings. The van der Waals surface area contributed by atoms with Gasteiger partial charge in [0.05, 0.1) is 11.2 Å². The Kier molecular flexibility index (Phi) is 5.35. The molecular formula is C18H20N2O4S. The zero-order valence-corrected chi connectivity index (χ0v) is 14.5. The number of furan rings is 1. The molecule has 132 valence electrons. The zero-order chi connectivity index (χ0) is 17.7. The lowest BCUT2D eigenvalue weighted by Gasteiger charge is -2.25. The summed E-state index contributed by atoms with van der Waals surface area (Å²) in [7, 11) is -3.45. The number of nitrogens with one attached hydrogen (secondary N) is 1. The topological polar surface area (TPSA) is 79.6 Å². The van der Waals surface area contributed by atoms with E-state index in [1.165, 1.54) is 28.8 Å². The van der Waals surface area contributed by atoms with Crippen LogP contribution >= 0.6 is 0 Å². The van der Waals surface area contributed by atoms with Crippen molar-refractivity contribution in [3.8, 4) is 0 Å². The van der Waals surface area contributed by atoms with Crippen molar-refractivity contribution in [2.45, 2.75) is 24.2 Å². The van der Waals surface area contributed by atoms with Gasteiger partial charge in [0, 0.05) is 24.9 Å². The summed E-state index contributed by atoms with van der Waals surface area (Å²) < 4.78 is 31.8. The fraction of sp³-hybridized carbons (Fsp3) is 0.278. The van der Waals surface area contributed by atoms with Gasteiger partial charge in [0.25, 0.3) is 0 Å². The average Bonchev–Trinajstić information content (AvgIpc) is 3.15. The fourth-order valence-electron chi connectivity index (χ4n) is 2.69. The number of hydrogen-bond donors (Lipinski definition) is 1. The van der Waals surface area contributed by atoms with Crippen molar-refractivity contribution in [1.29, 1.82) is 0 Å². The van der Waals surface area contributed by atoms with Gasteiger partial charge in [-0.25, -0.2) is 8.42 Å². The molecule has 1 aliphatic rings. The van der Waals surface area contributed by atoms with E-state index in [0.717, 1.165) is 19.3 Å². The number of sulfonamides is 1. The second-order valence-corrected chi connectivity index (χ2v) is 7.77. The lowest BCUT2D eigenvalue weighted by atomic mass is 10.2. The molecule has 1 aliphatic heterocycles. The van der Waals surface area contributed by atoms with E-state index in [4.69, 9.17) is 4.42 Å². The van der Waals surface area contributed by atoms with Gasteiger partial charge in [-0.2, -0.15) is 4.31 Å². The van der Waals surface area contributed by atoms with E-state index < -0.39 is 10.0 Å². The second kappa shape index (κ2) is 7.67. The second-order valence-electron chi connectivity index (χ2n) is 5.83. The Labute approximate surface area is 147 Å². The van der Waals surface area contributed by atoms with Crippen molar-refractivity contribution in [1.82, 2.24) is 4.31 Å². The molecule has 0 bridgehead atoms. The Hall–Kier alpha value is -2.38. The summed E-state index contributed by atoms with van der Waals surface area (Å²) in [5.41, 5.74) is 0.534. The van der Waals surface area contributed by atoms with Crippen molar-refractivity contribution in [3.63, 3.8) is 0 Å². The minimum Gasteiger partial charge on any atom is -0.465 e. The molecule has 1 saturated heterocycles. The van der Waals surface area contributed by atoms with Crippen LogP contribution in [0.1, 0.15) is 25.0 Å². The quantitative estimate of drug-likeness (QED) is 0.831. The smallest absolute Gasteiger partial charge is 0.248 e. The van der Waals surface area contributed by atoms with Crippen LogP contribution in [0.25, 0.3) is 6.08 Å². The average molecular weight is 360 g/mol. The van der Waals surface area contributed by atoms with E-state index in [-0.39, 0.29) is 10.8 Å². The summed E-state index contributed by atoms with van der Waals surface area (Å²) >= 11 is 0. The third-order valence-electron chi connectivity index (χ3n) is 4.02. The lowest BCUT2D eigenvalue weighted by molar-refractivity contribution is -0.111. The van der Waals surface area contributed by atoms with Gasteiger partial charge in [0.15, 0.2) is 0 Å². The number of nitrogens with zero attached hydrogens (tertiary/aromatic N) is 1. The molecule has 25 heavy (non-hydrogen) atoms. The molecule has 1 aromatic heterocycles. The maximum absolute atomic E-state index is 12.6. The number of rotatable bonds is 5. The van der Waals surface area contributed by atoms with Crippen LogP contribution < -0.4 is 5.32 Å². The standard InChI is InChI=1S/C18H20N2O4S/c21-18(11-8-16-5-4-14-24-16)19-15-6-9-17(10-7-15)25(22,23)20-12-2-1-3-13-20/h4-11,14H,1-3,12-13H2,(H,19,21)/b11-8+. The maximum Gasteiger partial charge on any atom is 0.248 e. The van der Waals surface area contributed by atoms with E-state index in [2.05, 4.69) is 5.32 Å². The molecule has 0 spiro atoms. The summed E-state index contributed by atoms with van der Waals surface area (Å²) in [6, 6.07) is 9.71. The zero-order valence-electron chi connectivity index (χ0n) is 13.7. The van der Waals surface area contributed by atoms with Crippen LogP contribution in [0.5, 0.6) is 0 Å². The van der Waals surface area contributed by atoms with Crippen molar-refractivity contribution in [2.75, 3.05) is 18.4 Å². The van der Waals surface area contributed by atoms with Crippen LogP contribution in [0.15, 0.2) is 58.1 Å². The van der Waals surface area contributed by atoms with Crippen LogP contribution in [0.3, 0.4) is 0 Å². The number of anilines is 1. The molecular weight excluding hydrogens is 340 g/mol. The van der Waals surface area contributed by atoms with Gasteiger partial charge < -0.3 is 9.73 Å². The Bertz CT molecular complexity index is 834. The van der Waals surface area contributed by atoms with Gasteiger partial charge in [-0.05, 0) is 55.3 Å². The number of hydrogen-bond acceptors (Lipinski definition) is 4. The third kappa shape index (κ3) is 4.37. The van der Waals surface area contributed by atoms with Crippen molar-refractivity contribution >= 4 is 27.7 Å². The highest BCUT2D eigenvalue weighted by Crippen LogP contribution is 2.22. The molecule has 2 heterocycles. The molecule has 6 nitrogen and oxygen atoms in total. The summed E-state index contributed by atoms with van der Waals surface area (Å²) in [6.07, 6.45) is 7.31. The minimum absolute atomic E-state index is 0.249. The Balaban J connectivity index is 1.64. The molecule has 3 rings (SSSR count). The highest BCUT2D eigenvalue weighted by atomic mass is 32.2. The molecule has 0 saturated carbocycles. The van der Waals surface area contributed by atoms with E-state index in [9.17, 15) is 13.2 Å². The number of carbonyl (C=O) groups is 1. The first-order chi connectivity index (χ1) is 12.1. The van der Waals surface area contributed by atoms with E-state index in [1.54, 1.807) is 30.3 Å². The van der Waals surface area contributed by atoms with E-state index in [1.807, 2.05) is 0 Å².